The number of nitrogens with zero attached hydrogens (tertiary/aromatic N) is 2. The second kappa shape index (κ2) is 7.18. The Hall–Kier alpha value is -2.14. The lowest BCUT2D eigenvalue weighted by Crippen LogP contribution is -2.30. The summed E-state index contributed by atoms with van der Waals surface area (Å²) in [7, 11) is 0. The van der Waals surface area contributed by atoms with Gasteiger partial charge in [0.1, 0.15) is 6.26 Å². The fourth-order valence-electron chi connectivity index (χ4n) is 2.61. The van der Waals surface area contributed by atoms with E-state index in [1.165, 1.54) is 17.4 Å². The van der Waals surface area contributed by atoms with Gasteiger partial charge in [-0.25, -0.2) is 4.98 Å². The minimum absolute atomic E-state index is 0.137. The summed E-state index contributed by atoms with van der Waals surface area (Å²) in [5.41, 5.74) is 2.89. The molecule has 5 heteroatoms. The van der Waals surface area contributed by atoms with Crippen molar-refractivity contribution in [3.05, 3.63) is 53.2 Å². The van der Waals surface area contributed by atoms with Gasteiger partial charge in [0.25, 0.3) is 5.91 Å². The fraction of sp³-hybridized carbons (Fsp3) is 0.474. The molecule has 1 aromatic carbocycles. The zero-order chi connectivity index (χ0) is 17.1. The lowest BCUT2D eigenvalue weighted by molar-refractivity contribution is 0.0946. The molecule has 0 radical (unpaired) electrons. The molecule has 1 aliphatic carbocycles. The lowest BCUT2D eigenvalue weighted by atomic mass is 10.1. The zero-order valence-electron chi connectivity index (χ0n) is 14.6. The number of carbonyl (C=O) groups is 1. The van der Waals surface area contributed by atoms with Crippen LogP contribution in [0.15, 0.2) is 34.9 Å². The van der Waals surface area contributed by atoms with E-state index in [9.17, 15) is 4.79 Å². The van der Waals surface area contributed by atoms with Crippen LogP contribution in [0.3, 0.4) is 0 Å². The monoisotopic (exact) mass is 327 g/mol. The molecule has 0 unspecified atom stereocenters. The Bertz CT molecular complexity index is 704. The van der Waals surface area contributed by atoms with Crippen LogP contribution in [-0.4, -0.2) is 27.9 Å². The summed E-state index contributed by atoms with van der Waals surface area (Å²) in [5.74, 6) is 0.444. The first kappa shape index (κ1) is 16.7. The molecule has 1 fully saturated rings. The summed E-state index contributed by atoms with van der Waals surface area (Å²) in [6, 6.07) is 9.18. The van der Waals surface area contributed by atoms with Gasteiger partial charge in [0.15, 0.2) is 5.69 Å². The lowest BCUT2D eigenvalue weighted by Gasteiger charge is -2.25. The molecule has 3 rings (SSSR count). The SMILES string of the molecule is Cc1cccc(CN(Cc2nc(C(=O)NC3CC3)co2)C(C)C)c1. The van der Waals surface area contributed by atoms with E-state index >= 15 is 0 Å². The van der Waals surface area contributed by atoms with E-state index in [1.54, 1.807) is 0 Å². The first-order valence-corrected chi connectivity index (χ1v) is 8.56. The molecule has 0 atom stereocenters. The van der Waals surface area contributed by atoms with E-state index in [-0.39, 0.29) is 5.91 Å². The van der Waals surface area contributed by atoms with Crippen LogP contribution in [0.1, 0.15) is 54.2 Å². The Morgan fingerprint density at radius 3 is 2.83 bits per heavy atom. The number of hydrogen-bond donors (Lipinski definition) is 1. The topological polar surface area (TPSA) is 58.4 Å². The third-order valence-electron chi connectivity index (χ3n) is 4.23. The van der Waals surface area contributed by atoms with E-state index in [4.69, 9.17) is 4.42 Å². The molecule has 5 nitrogen and oxygen atoms in total. The average Bonchev–Trinajstić information content (AvgIpc) is 3.21. The van der Waals surface area contributed by atoms with E-state index in [1.807, 2.05) is 0 Å². The van der Waals surface area contributed by atoms with Crippen molar-refractivity contribution in [2.75, 3.05) is 0 Å². The highest BCUT2D eigenvalue weighted by Crippen LogP contribution is 2.19. The highest BCUT2D eigenvalue weighted by atomic mass is 16.3. The normalized spacial score (nSPS) is 14.4. The van der Waals surface area contributed by atoms with E-state index < -0.39 is 0 Å². The summed E-state index contributed by atoms with van der Waals surface area (Å²) < 4.78 is 5.52. The van der Waals surface area contributed by atoms with Crippen LogP contribution in [0.25, 0.3) is 0 Å². The molecule has 1 aliphatic rings. The second-order valence-corrected chi connectivity index (χ2v) is 6.86. The van der Waals surface area contributed by atoms with Gasteiger partial charge in [-0.15, -0.1) is 0 Å². The van der Waals surface area contributed by atoms with Crippen LogP contribution in [0, 0.1) is 6.92 Å². The van der Waals surface area contributed by atoms with Crippen molar-refractivity contribution >= 4 is 5.91 Å². The van der Waals surface area contributed by atoms with Gasteiger partial charge in [-0.1, -0.05) is 29.8 Å². The zero-order valence-corrected chi connectivity index (χ0v) is 14.6. The Kier molecular flexibility index (Phi) is 5.00. The van der Waals surface area contributed by atoms with E-state index in [0.717, 1.165) is 19.4 Å². The van der Waals surface area contributed by atoms with Crippen LogP contribution >= 0.6 is 0 Å². The van der Waals surface area contributed by atoms with Crippen molar-refractivity contribution in [1.82, 2.24) is 15.2 Å². The van der Waals surface area contributed by atoms with Gasteiger partial charge in [0.2, 0.25) is 5.89 Å². The maximum atomic E-state index is 12.0. The van der Waals surface area contributed by atoms with Gasteiger partial charge >= 0.3 is 0 Å². The summed E-state index contributed by atoms with van der Waals surface area (Å²) in [5, 5.41) is 2.93. The predicted octanol–water partition coefficient (Wildman–Crippen LogP) is 3.29. The van der Waals surface area contributed by atoms with Crippen LogP contribution < -0.4 is 5.32 Å². The maximum Gasteiger partial charge on any atom is 0.273 e. The standard InChI is InChI=1S/C19H25N3O2/c1-13(2)22(10-15-6-4-5-14(3)9-15)11-18-21-17(12-24-18)19(23)20-16-7-8-16/h4-6,9,12-13,16H,7-8,10-11H2,1-3H3,(H,20,23). The van der Waals surface area contributed by atoms with Gasteiger partial charge < -0.3 is 9.73 Å². The number of aryl methyl sites for hydroxylation is 1. The number of amides is 1. The molecule has 2 aromatic rings. The van der Waals surface area contributed by atoms with Crippen molar-refractivity contribution in [3.8, 4) is 0 Å². The molecule has 1 amide bonds. The van der Waals surface area contributed by atoms with Gasteiger partial charge in [-0.2, -0.15) is 0 Å². The molecular weight excluding hydrogens is 302 g/mol. The molecule has 0 bridgehead atoms. The molecule has 24 heavy (non-hydrogen) atoms. The Morgan fingerprint density at radius 1 is 1.38 bits per heavy atom. The number of nitrogens with one attached hydrogen (secondary N) is 1. The minimum Gasteiger partial charge on any atom is -0.447 e. The number of rotatable bonds is 7. The van der Waals surface area contributed by atoms with Crippen LogP contribution in [0.2, 0.25) is 0 Å². The molecule has 1 saturated carbocycles. The number of aromatic nitrogens is 1. The molecule has 1 heterocycles. The van der Waals surface area contributed by atoms with Gasteiger partial charge in [0, 0.05) is 18.6 Å². The third-order valence-corrected chi connectivity index (χ3v) is 4.23. The van der Waals surface area contributed by atoms with Gasteiger partial charge in [0.05, 0.1) is 6.54 Å². The summed E-state index contributed by atoms with van der Waals surface area (Å²) in [6.07, 6.45) is 3.58. The second-order valence-electron chi connectivity index (χ2n) is 6.86. The summed E-state index contributed by atoms with van der Waals surface area (Å²) in [4.78, 5) is 18.6. The largest absolute Gasteiger partial charge is 0.447 e. The summed E-state index contributed by atoms with van der Waals surface area (Å²) in [6.45, 7) is 7.81. The quantitative estimate of drug-likeness (QED) is 0.848. The minimum atomic E-state index is -0.137. The molecule has 128 valence electrons. The Morgan fingerprint density at radius 2 is 2.17 bits per heavy atom. The van der Waals surface area contributed by atoms with Crippen molar-refractivity contribution < 1.29 is 9.21 Å². The molecule has 0 spiro atoms. The number of oxazole rings is 1. The third kappa shape index (κ3) is 4.45. The van der Waals surface area contributed by atoms with Crippen LogP contribution in [0.4, 0.5) is 0 Å². The van der Waals surface area contributed by atoms with Crippen molar-refractivity contribution in [1.29, 1.82) is 0 Å². The van der Waals surface area contributed by atoms with Gasteiger partial charge in [-0.05, 0) is 39.2 Å². The maximum absolute atomic E-state index is 12.0. The molecule has 1 N–H and O–H groups in total. The van der Waals surface area contributed by atoms with Crippen molar-refractivity contribution in [2.45, 2.75) is 58.8 Å². The average molecular weight is 327 g/mol. The molecule has 0 saturated heterocycles. The summed E-state index contributed by atoms with van der Waals surface area (Å²) >= 11 is 0. The fourth-order valence-corrected chi connectivity index (χ4v) is 2.61. The van der Waals surface area contributed by atoms with Crippen LogP contribution in [0.5, 0.6) is 0 Å². The Labute approximate surface area is 143 Å². The van der Waals surface area contributed by atoms with Crippen molar-refractivity contribution in [2.24, 2.45) is 0 Å². The van der Waals surface area contributed by atoms with Crippen LogP contribution in [-0.2, 0) is 13.1 Å². The number of carbonyl (C=O) groups excluding carboxylic acids is 1. The first-order valence-electron chi connectivity index (χ1n) is 8.56. The molecule has 0 aliphatic heterocycles. The highest BCUT2D eigenvalue weighted by Gasteiger charge is 2.25. The van der Waals surface area contributed by atoms with E-state index in [2.05, 4.69) is 60.2 Å². The van der Waals surface area contributed by atoms with Crippen molar-refractivity contribution in [3.63, 3.8) is 0 Å². The van der Waals surface area contributed by atoms with Gasteiger partial charge in [-0.3, -0.25) is 9.69 Å². The number of hydrogen-bond acceptors (Lipinski definition) is 4. The number of benzene rings is 1. The smallest absolute Gasteiger partial charge is 0.273 e. The first-order chi connectivity index (χ1) is 11.5. The molecule has 1 aromatic heterocycles. The predicted molar refractivity (Wildman–Crippen MR) is 92.6 cm³/mol. The Balaban J connectivity index is 1.64. The highest BCUT2D eigenvalue weighted by molar-refractivity contribution is 5.92. The van der Waals surface area contributed by atoms with E-state index in [0.29, 0.717) is 30.2 Å². The molecular formula is C19H25N3O2.